The lowest BCUT2D eigenvalue weighted by molar-refractivity contribution is 0.285. The van der Waals surface area contributed by atoms with Gasteiger partial charge in [-0.2, -0.15) is 4.98 Å². The Morgan fingerprint density at radius 1 is 1.53 bits per heavy atom. The van der Waals surface area contributed by atoms with Crippen LogP contribution < -0.4 is 10.1 Å². The largest absolute Gasteiger partial charge is 0.480 e. The van der Waals surface area contributed by atoms with E-state index in [2.05, 4.69) is 38.1 Å². The van der Waals surface area contributed by atoms with Crippen molar-refractivity contribution in [1.82, 2.24) is 9.97 Å². The molecule has 0 saturated heterocycles. The lowest BCUT2D eigenvalue weighted by Gasteiger charge is -2.38. The van der Waals surface area contributed by atoms with E-state index < -0.39 is 0 Å². The number of hydrogen-bond donors (Lipinski definition) is 1. The number of halogens is 2. The highest BCUT2D eigenvalue weighted by atomic mass is 79.9. The molecule has 1 aliphatic carbocycles. The molecule has 0 bridgehead atoms. The molecule has 0 aromatic carbocycles. The number of hydrogen-bond acceptors (Lipinski definition) is 4. The zero-order valence-electron chi connectivity index (χ0n) is 11.2. The van der Waals surface area contributed by atoms with Crippen LogP contribution in [0.15, 0.2) is 10.7 Å². The Morgan fingerprint density at radius 2 is 2.21 bits per heavy atom. The maximum atomic E-state index is 6.18. The van der Waals surface area contributed by atoms with Crippen molar-refractivity contribution in [3.63, 3.8) is 0 Å². The molecule has 1 aromatic heterocycles. The minimum Gasteiger partial charge on any atom is -0.480 e. The van der Waals surface area contributed by atoms with Gasteiger partial charge in [0.25, 0.3) is 0 Å². The molecule has 19 heavy (non-hydrogen) atoms. The van der Waals surface area contributed by atoms with Crippen LogP contribution in [-0.4, -0.2) is 28.5 Å². The van der Waals surface area contributed by atoms with Crippen molar-refractivity contribution in [3.05, 3.63) is 10.7 Å². The Hall–Kier alpha value is -0.550. The van der Waals surface area contributed by atoms with Gasteiger partial charge in [0.2, 0.25) is 11.8 Å². The molecule has 1 aromatic rings. The molecule has 1 saturated carbocycles. The SMILES string of the molecule is COc1nc(NC2(CCl)CCC(C)CC2)ncc1Br. The molecule has 4 nitrogen and oxygen atoms in total. The maximum absolute atomic E-state index is 6.18. The minimum atomic E-state index is -0.0904. The van der Waals surface area contributed by atoms with E-state index >= 15 is 0 Å². The Kier molecular flexibility index (Phi) is 4.90. The van der Waals surface area contributed by atoms with Gasteiger partial charge in [-0.1, -0.05) is 6.92 Å². The third kappa shape index (κ3) is 3.51. The van der Waals surface area contributed by atoms with Crippen molar-refractivity contribution in [3.8, 4) is 5.88 Å². The topological polar surface area (TPSA) is 47.0 Å². The van der Waals surface area contributed by atoms with Gasteiger partial charge >= 0.3 is 0 Å². The van der Waals surface area contributed by atoms with E-state index in [-0.39, 0.29) is 5.54 Å². The highest BCUT2D eigenvalue weighted by molar-refractivity contribution is 9.10. The van der Waals surface area contributed by atoms with E-state index in [0.29, 0.717) is 17.7 Å². The quantitative estimate of drug-likeness (QED) is 0.840. The predicted molar refractivity (Wildman–Crippen MR) is 81.0 cm³/mol. The van der Waals surface area contributed by atoms with Crippen LogP contribution in [0.4, 0.5) is 5.95 Å². The van der Waals surface area contributed by atoms with Crippen molar-refractivity contribution in [2.75, 3.05) is 18.3 Å². The molecule has 0 radical (unpaired) electrons. The third-order valence-electron chi connectivity index (χ3n) is 3.77. The van der Waals surface area contributed by atoms with Gasteiger partial charge in [0.05, 0.1) is 23.3 Å². The standard InChI is InChI=1S/C13H19BrClN3O/c1-9-3-5-13(8-15,6-4-9)18-12-16-7-10(14)11(17-12)19-2/h7,9H,3-6,8H2,1-2H3,(H,16,17,18). The van der Waals surface area contributed by atoms with Crippen molar-refractivity contribution >= 4 is 33.5 Å². The number of nitrogens with zero attached hydrogens (tertiary/aromatic N) is 2. The van der Waals surface area contributed by atoms with Crippen LogP contribution in [0.3, 0.4) is 0 Å². The molecular formula is C13H19BrClN3O. The fourth-order valence-corrected chi connectivity index (χ4v) is 3.09. The summed E-state index contributed by atoms with van der Waals surface area (Å²) in [5.41, 5.74) is -0.0904. The number of ether oxygens (including phenoxy) is 1. The van der Waals surface area contributed by atoms with Crippen molar-refractivity contribution < 1.29 is 4.74 Å². The van der Waals surface area contributed by atoms with Crippen LogP contribution in [0.2, 0.25) is 0 Å². The van der Waals surface area contributed by atoms with Gasteiger partial charge in [0.15, 0.2) is 0 Å². The number of rotatable bonds is 4. The summed E-state index contributed by atoms with van der Waals surface area (Å²) in [6.45, 7) is 2.29. The van der Waals surface area contributed by atoms with E-state index in [1.54, 1.807) is 13.3 Å². The number of nitrogens with one attached hydrogen (secondary N) is 1. The second kappa shape index (κ2) is 6.27. The molecule has 1 N–H and O–H groups in total. The molecule has 1 fully saturated rings. The van der Waals surface area contributed by atoms with Crippen LogP contribution >= 0.6 is 27.5 Å². The van der Waals surface area contributed by atoms with Gasteiger partial charge in [-0.05, 0) is 47.5 Å². The molecule has 2 rings (SSSR count). The summed E-state index contributed by atoms with van der Waals surface area (Å²) < 4.78 is 5.94. The Balaban J connectivity index is 2.14. The first-order valence-corrected chi connectivity index (χ1v) is 7.82. The number of methoxy groups -OCH3 is 1. The maximum Gasteiger partial charge on any atom is 0.232 e. The van der Waals surface area contributed by atoms with Gasteiger partial charge in [-0.3, -0.25) is 0 Å². The van der Waals surface area contributed by atoms with Crippen molar-refractivity contribution in [1.29, 1.82) is 0 Å². The summed E-state index contributed by atoms with van der Waals surface area (Å²) in [6.07, 6.45) is 6.18. The summed E-state index contributed by atoms with van der Waals surface area (Å²) in [5, 5.41) is 3.41. The molecule has 0 spiro atoms. The first-order chi connectivity index (χ1) is 9.08. The zero-order chi connectivity index (χ0) is 13.9. The molecule has 106 valence electrons. The van der Waals surface area contributed by atoms with Crippen molar-refractivity contribution in [2.24, 2.45) is 5.92 Å². The minimum absolute atomic E-state index is 0.0904. The first-order valence-electron chi connectivity index (χ1n) is 6.49. The Morgan fingerprint density at radius 3 is 2.79 bits per heavy atom. The molecule has 0 unspecified atom stereocenters. The van der Waals surface area contributed by atoms with Gasteiger partial charge in [0, 0.05) is 5.88 Å². The third-order valence-corrected chi connectivity index (χ3v) is 4.82. The summed E-state index contributed by atoms with van der Waals surface area (Å²) in [4.78, 5) is 8.63. The monoisotopic (exact) mass is 347 g/mol. The summed E-state index contributed by atoms with van der Waals surface area (Å²) in [5.74, 6) is 2.46. The highest BCUT2D eigenvalue weighted by Gasteiger charge is 2.34. The number of anilines is 1. The highest BCUT2D eigenvalue weighted by Crippen LogP contribution is 2.35. The Labute approximate surface area is 127 Å². The Bertz CT molecular complexity index is 436. The van der Waals surface area contributed by atoms with E-state index in [9.17, 15) is 0 Å². The second-order valence-corrected chi connectivity index (χ2v) is 6.39. The average molecular weight is 349 g/mol. The molecule has 0 amide bonds. The molecule has 0 atom stereocenters. The summed E-state index contributed by atoms with van der Waals surface area (Å²) in [7, 11) is 1.59. The fraction of sp³-hybridized carbons (Fsp3) is 0.692. The van der Waals surface area contributed by atoms with Gasteiger partial charge < -0.3 is 10.1 Å². The van der Waals surface area contributed by atoms with Gasteiger partial charge in [-0.15, -0.1) is 11.6 Å². The van der Waals surface area contributed by atoms with Crippen LogP contribution in [0.5, 0.6) is 5.88 Å². The normalized spacial score (nSPS) is 27.1. The number of aromatic nitrogens is 2. The first kappa shape index (κ1) is 14.9. The fourth-order valence-electron chi connectivity index (χ4n) is 2.40. The lowest BCUT2D eigenvalue weighted by atomic mass is 9.78. The van der Waals surface area contributed by atoms with Crippen LogP contribution in [0.1, 0.15) is 32.6 Å². The summed E-state index contributed by atoms with van der Waals surface area (Å²) >= 11 is 9.53. The van der Waals surface area contributed by atoms with Crippen LogP contribution in [-0.2, 0) is 0 Å². The number of alkyl halides is 1. The molecular weight excluding hydrogens is 330 g/mol. The average Bonchev–Trinajstić information content (AvgIpc) is 2.44. The molecule has 1 heterocycles. The van der Waals surface area contributed by atoms with Gasteiger partial charge in [0.1, 0.15) is 0 Å². The zero-order valence-corrected chi connectivity index (χ0v) is 13.6. The van der Waals surface area contributed by atoms with E-state index in [4.69, 9.17) is 16.3 Å². The van der Waals surface area contributed by atoms with E-state index in [1.807, 2.05) is 0 Å². The summed E-state index contributed by atoms with van der Waals surface area (Å²) in [6, 6.07) is 0. The second-order valence-electron chi connectivity index (χ2n) is 5.27. The molecule has 0 aliphatic heterocycles. The van der Waals surface area contributed by atoms with Crippen LogP contribution in [0, 0.1) is 5.92 Å². The molecule has 1 aliphatic rings. The predicted octanol–water partition coefficient (Wildman–Crippen LogP) is 3.85. The van der Waals surface area contributed by atoms with Gasteiger partial charge in [-0.25, -0.2) is 4.98 Å². The smallest absolute Gasteiger partial charge is 0.232 e. The van der Waals surface area contributed by atoms with Crippen LogP contribution in [0.25, 0.3) is 0 Å². The van der Waals surface area contributed by atoms with E-state index in [0.717, 1.165) is 23.2 Å². The van der Waals surface area contributed by atoms with E-state index in [1.165, 1.54) is 12.8 Å². The van der Waals surface area contributed by atoms with Crippen molar-refractivity contribution in [2.45, 2.75) is 38.1 Å². The lowest BCUT2D eigenvalue weighted by Crippen LogP contribution is -2.44. The molecule has 6 heteroatoms.